The second-order valence-electron chi connectivity index (χ2n) is 5.92. The Kier molecular flexibility index (Phi) is 3.01. The zero-order chi connectivity index (χ0) is 11.0. The first-order valence-corrected chi connectivity index (χ1v) is 6.97. The van der Waals surface area contributed by atoms with Gasteiger partial charge in [0.25, 0.3) is 0 Å². The van der Waals surface area contributed by atoms with E-state index in [0.29, 0.717) is 17.8 Å². The average molecular weight is 222 g/mol. The molecule has 0 N–H and O–H groups in total. The SMILES string of the molecule is O=C(CCC1CCCO1)C1CC2CCC1C2. The van der Waals surface area contributed by atoms with Gasteiger partial charge in [-0.15, -0.1) is 0 Å². The quantitative estimate of drug-likeness (QED) is 0.731. The molecule has 0 radical (unpaired) electrons. The van der Waals surface area contributed by atoms with Gasteiger partial charge in [0.05, 0.1) is 6.10 Å². The molecule has 3 aliphatic rings. The fraction of sp³-hybridized carbons (Fsp3) is 0.929. The van der Waals surface area contributed by atoms with Gasteiger partial charge < -0.3 is 4.74 Å². The largest absolute Gasteiger partial charge is 0.378 e. The molecule has 3 fully saturated rings. The minimum atomic E-state index is 0.391. The van der Waals surface area contributed by atoms with E-state index >= 15 is 0 Å². The molecular weight excluding hydrogens is 200 g/mol. The molecule has 2 bridgehead atoms. The summed E-state index contributed by atoms with van der Waals surface area (Å²) in [5.41, 5.74) is 0. The lowest BCUT2D eigenvalue weighted by Gasteiger charge is -2.20. The van der Waals surface area contributed by atoms with Gasteiger partial charge in [-0.3, -0.25) is 4.79 Å². The molecule has 0 aromatic carbocycles. The molecule has 2 aliphatic carbocycles. The molecule has 2 heteroatoms. The van der Waals surface area contributed by atoms with Crippen LogP contribution in [0, 0.1) is 17.8 Å². The normalized spacial score (nSPS) is 41.8. The molecule has 1 heterocycles. The third kappa shape index (κ3) is 2.04. The third-order valence-electron chi connectivity index (χ3n) is 4.89. The maximum Gasteiger partial charge on any atom is 0.136 e. The van der Waals surface area contributed by atoms with Crippen LogP contribution in [-0.2, 0) is 9.53 Å². The topological polar surface area (TPSA) is 26.3 Å². The number of hydrogen-bond acceptors (Lipinski definition) is 2. The number of ether oxygens (including phenoxy) is 1. The van der Waals surface area contributed by atoms with E-state index in [0.717, 1.165) is 31.3 Å². The lowest BCUT2D eigenvalue weighted by Crippen LogP contribution is -2.22. The van der Waals surface area contributed by atoms with Crippen LogP contribution in [0.2, 0.25) is 0 Å². The van der Waals surface area contributed by atoms with Crippen LogP contribution >= 0.6 is 0 Å². The zero-order valence-corrected chi connectivity index (χ0v) is 9.99. The summed E-state index contributed by atoms with van der Waals surface area (Å²) in [6.45, 7) is 0.910. The van der Waals surface area contributed by atoms with E-state index in [1.807, 2.05) is 0 Å². The van der Waals surface area contributed by atoms with Crippen molar-refractivity contribution in [1.29, 1.82) is 0 Å². The van der Waals surface area contributed by atoms with Gasteiger partial charge in [-0.2, -0.15) is 0 Å². The van der Waals surface area contributed by atoms with E-state index in [9.17, 15) is 4.79 Å². The molecule has 1 saturated heterocycles. The summed E-state index contributed by atoms with van der Waals surface area (Å²) in [6.07, 6.45) is 9.76. The van der Waals surface area contributed by atoms with Crippen molar-refractivity contribution in [3.8, 4) is 0 Å². The summed E-state index contributed by atoms with van der Waals surface area (Å²) in [4.78, 5) is 12.1. The summed E-state index contributed by atoms with van der Waals surface area (Å²) >= 11 is 0. The Bertz CT molecular complexity index is 268. The van der Waals surface area contributed by atoms with Crippen molar-refractivity contribution < 1.29 is 9.53 Å². The molecule has 0 amide bonds. The Balaban J connectivity index is 1.46. The first-order chi connectivity index (χ1) is 7.83. The Hall–Kier alpha value is -0.370. The molecule has 3 rings (SSSR count). The number of fused-ring (bicyclic) bond motifs is 2. The standard InChI is InChI=1S/C14H22O2/c15-14(6-5-12-2-1-7-16-12)13-9-10-3-4-11(13)8-10/h10-13H,1-9H2. The third-order valence-corrected chi connectivity index (χ3v) is 4.89. The van der Waals surface area contributed by atoms with E-state index < -0.39 is 0 Å². The van der Waals surface area contributed by atoms with Gasteiger partial charge in [-0.25, -0.2) is 0 Å². The van der Waals surface area contributed by atoms with Crippen LogP contribution in [0.25, 0.3) is 0 Å². The summed E-state index contributed by atoms with van der Waals surface area (Å²) in [5, 5.41) is 0. The van der Waals surface area contributed by atoms with E-state index in [2.05, 4.69) is 0 Å². The Morgan fingerprint density at radius 2 is 2.12 bits per heavy atom. The van der Waals surface area contributed by atoms with Crippen molar-refractivity contribution in [2.24, 2.45) is 17.8 Å². The van der Waals surface area contributed by atoms with Gasteiger partial charge in [-0.1, -0.05) is 6.42 Å². The highest BCUT2D eigenvalue weighted by Gasteiger charge is 2.42. The predicted molar refractivity (Wildman–Crippen MR) is 62.2 cm³/mol. The molecule has 90 valence electrons. The maximum atomic E-state index is 12.1. The zero-order valence-electron chi connectivity index (χ0n) is 9.99. The first kappa shape index (κ1) is 10.8. The van der Waals surface area contributed by atoms with Crippen LogP contribution in [0.3, 0.4) is 0 Å². The van der Waals surface area contributed by atoms with Crippen molar-refractivity contribution in [2.75, 3.05) is 6.61 Å². The first-order valence-electron chi connectivity index (χ1n) is 6.97. The Morgan fingerprint density at radius 1 is 1.19 bits per heavy atom. The second kappa shape index (κ2) is 4.48. The smallest absolute Gasteiger partial charge is 0.136 e. The minimum Gasteiger partial charge on any atom is -0.378 e. The molecular formula is C14H22O2. The Labute approximate surface area is 97.7 Å². The van der Waals surface area contributed by atoms with E-state index in [4.69, 9.17) is 4.74 Å². The van der Waals surface area contributed by atoms with Gasteiger partial charge in [0.2, 0.25) is 0 Å². The number of rotatable bonds is 4. The number of ketones is 1. The van der Waals surface area contributed by atoms with Gasteiger partial charge in [0.1, 0.15) is 5.78 Å². The monoisotopic (exact) mass is 222 g/mol. The minimum absolute atomic E-state index is 0.391. The summed E-state index contributed by atoms with van der Waals surface area (Å²) in [6, 6.07) is 0. The lowest BCUT2D eigenvalue weighted by atomic mass is 9.84. The predicted octanol–water partition coefficient (Wildman–Crippen LogP) is 2.95. The summed E-state index contributed by atoms with van der Waals surface area (Å²) in [5.74, 6) is 2.62. The fourth-order valence-corrected chi connectivity index (χ4v) is 4.00. The highest BCUT2D eigenvalue weighted by molar-refractivity contribution is 5.81. The van der Waals surface area contributed by atoms with Crippen molar-refractivity contribution in [2.45, 2.75) is 57.5 Å². The van der Waals surface area contributed by atoms with Gasteiger partial charge in [0.15, 0.2) is 0 Å². The van der Waals surface area contributed by atoms with Gasteiger partial charge in [-0.05, 0) is 50.4 Å². The van der Waals surface area contributed by atoms with Crippen LogP contribution in [0.1, 0.15) is 51.4 Å². The van der Waals surface area contributed by atoms with Crippen LogP contribution in [-0.4, -0.2) is 18.5 Å². The molecule has 2 saturated carbocycles. The van der Waals surface area contributed by atoms with Gasteiger partial charge >= 0.3 is 0 Å². The number of carbonyl (C=O) groups excluding carboxylic acids is 1. The highest BCUT2D eigenvalue weighted by Crippen LogP contribution is 2.49. The molecule has 0 aromatic heterocycles. The highest BCUT2D eigenvalue weighted by atomic mass is 16.5. The number of Topliss-reactive ketones (excluding diaryl/α,β-unsaturated/α-hetero) is 1. The second-order valence-corrected chi connectivity index (χ2v) is 5.92. The van der Waals surface area contributed by atoms with Crippen molar-refractivity contribution >= 4 is 5.78 Å². The molecule has 4 unspecified atom stereocenters. The summed E-state index contributed by atoms with van der Waals surface area (Å²) in [7, 11) is 0. The molecule has 2 nitrogen and oxygen atoms in total. The van der Waals surface area contributed by atoms with Crippen molar-refractivity contribution in [3.63, 3.8) is 0 Å². The van der Waals surface area contributed by atoms with Crippen molar-refractivity contribution in [1.82, 2.24) is 0 Å². The van der Waals surface area contributed by atoms with E-state index in [1.54, 1.807) is 0 Å². The fourth-order valence-electron chi connectivity index (χ4n) is 4.00. The van der Waals surface area contributed by atoms with Crippen LogP contribution < -0.4 is 0 Å². The lowest BCUT2D eigenvalue weighted by molar-refractivity contribution is -0.125. The number of carbonyl (C=O) groups is 1. The van der Waals surface area contributed by atoms with Crippen LogP contribution in [0.4, 0.5) is 0 Å². The van der Waals surface area contributed by atoms with Crippen molar-refractivity contribution in [3.05, 3.63) is 0 Å². The van der Waals surface area contributed by atoms with E-state index in [1.165, 1.54) is 38.5 Å². The molecule has 16 heavy (non-hydrogen) atoms. The maximum absolute atomic E-state index is 12.1. The average Bonchev–Trinajstić information content (AvgIpc) is 3.01. The van der Waals surface area contributed by atoms with Crippen LogP contribution in [0.5, 0.6) is 0 Å². The summed E-state index contributed by atoms with van der Waals surface area (Å²) < 4.78 is 5.58. The van der Waals surface area contributed by atoms with Gasteiger partial charge in [0, 0.05) is 18.9 Å². The van der Waals surface area contributed by atoms with E-state index in [-0.39, 0.29) is 0 Å². The molecule has 1 aliphatic heterocycles. The van der Waals surface area contributed by atoms with Crippen LogP contribution in [0.15, 0.2) is 0 Å². The molecule has 0 spiro atoms. The Morgan fingerprint density at radius 3 is 2.75 bits per heavy atom. The molecule has 4 atom stereocenters. The number of hydrogen-bond donors (Lipinski definition) is 0. The molecule has 0 aromatic rings.